The fourth-order valence-electron chi connectivity index (χ4n) is 2.94. The van der Waals surface area contributed by atoms with E-state index in [0.717, 1.165) is 18.5 Å². The van der Waals surface area contributed by atoms with E-state index < -0.39 is 6.10 Å². The number of carbonyl (C=O) groups excluding carboxylic acids is 1. The first-order valence-electron chi connectivity index (χ1n) is 8.12. The van der Waals surface area contributed by atoms with Gasteiger partial charge >= 0.3 is 0 Å². The van der Waals surface area contributed by atoms with E-state index in [4.69, 9.17) is 16.3 Å². The summed E-state index contributed by atoms with van der Waals surface area (Å²) >= 11 is 5.96. The molecule has 23 heavy (non-hydrogen) atoms. The summed E-state index contributed by atoms with van der Waals surface area (Å²) in [6.07, 6.45) is 4.39. The van der Waals surface area contributed by atoms with Gasteiger partial charge in [0.1, 0.15) is 5.75 Å². The number of hydrogen-bond donors (Lipinski definition) is 3. The topological polar surface area (TPSA) is 70.6 Å². The number of ether oxygens (including phenoxy) is 1. The second-order valence-corrected chi connectivity index (χ2v) is 6.37. The number of amides is 1. The highest BCUT2D eigenvalue weighted by atomic mass is 35.5. The molecule has 0 aliphatic heterocycles. The molecule has 1 amide bonds. The highest BCUT2D eigenvalue weighted by molar-refractivity contribution is 6.30. The highest BCUT2D eigenvalue weighted by Gasteiger charge is 2.23. The Kier molecular flexibility index (Phi) is 6.99. The van der Waals surface area contributed by atoms with E-state index in [0.29, 0.717) is 36.2 Å². The van der Waals surface area contributed by atoms with Crippen LogP contribution in [0.25, 0.3) is 0 Å². The molecule has 1 aromatic rings. The molecule has 3 N–H and O–H groups in total. The number of carbonyl (C=O) groups is 1. The number of halogens is 1. The lowest BCUT2D eigenvalue weighted by Gasteiger charge is -2.18. The minimum absolute atomic E-state index is 0.0736. The number of aliphatic hydroxyl groups excluding tert-OH is 1. The number of anilines is 1. The second-order valence-electron chi connectivity index (χ2n) is 5.94. The molecule has 0 heterocycles. The third kappa shape index (κ3) is 5.59. The lowest BCUT2D eigenvalue weighted by atomic mass is 10.0. The minimum atomic E-state index is -0.428. The van der Waals surface area contributed by atoms with Crippen molar-refractivity contribution >= 4 is 23.2 Å². The Labute approximate surface area is 142 Å². The van der Waals surface area contributed by atoms with Crippen LogP contribution in [0.3, 0.4) is 0 Å². The van der Waals surface area contributed by atoms with Gasteiger partial charge in [-0.1, -0.05) is 24.4 Å². The van der Waals surface area contributed by atoms with Gasteiger partial charge in [0.15, 0.2) is 0 Å². The number of methoxy groups -OCH3 is 1. The first kappa shape index (κ1) is 17.9. The van der Waals surface area contributed by atoms with Crippen molar-refractivity contribution in [2.24, 2.45) is 5.92 Å². The maximum atomic E-state index is 11.9. The van der Waals surface area contributed by atoms with E-state index in [-0.39, 0.29) is 5.91 Å². The van der Waals surface area contributed by atoms with Crippen LogP contribution in [0.2, 0.25) is 5.02 Å². The van der Waals surface area contributed by atoms with Crippen molar-refractivity contribution < 1.29 is 14.6 Å². The standard InChI is InChI=1S/C17H25ClN2O3/c1-23-16-7-6-13(18)10-14(16)19-9-8-17(22)20-11-15(21)12-4-2-3-5-12/h6-7,10,12,15,19,21H,2-5,8-9,11H2,1H3,(H,20,22). The molecule has 0 radical (unpaired) electrons. The van der Waals surface area contributed by atoms with Crippen LogP contribution >= 0.6 is 11.6 Å². The normalized spacial score (nSPS) is 16.1. The molecule has 1 fully saturated rings. The summed E-state index contributed by atoms with van der Waals surface area (Å²) in [4.78, 5) is 11.9. The monoisotopic (exact) mass is 340 g/mol. The van der Waals surface area contributed by atoms with E-state index in [9.17, 15) is 9.90 Å². The van der Waals surface area contributed by atoms with Crippen LogP contribution in [0.5, 0.6) is 5.75 Å². The van der Waals surface area contributed by atoms with Crippen LogP contribution in [0.4, 0.5) is 5.69 Å². The van der Waals surface area contributed by atoms with Crippen molar-refractivity contribution in [1.82, 2.24) is 5.32 Å². The molecule has 1 unspecified atom stereocenters. The van der Waals surface area contributed by atoms with Gasteiger partial charge < -0.3 is 20.5 Å². The predicted octanol–water partition coefficient (Wildman–Crippen LogP) is 2.82. The molecule has 0 spiro atoms. The Morgan fingerprint density at radius 2 is 2.17 bits per heavy atom. The minimum Gasteiger partial charge on any atom is -0.495 e. The summed E-state index contributed by atoms with van der Waals surface area (Å²) in [6.45, 7) is 0.812. The maximum absolute atomic E-state index is 11.9. The number of rotatable bonds is 8. The van der Waals surface area contributed by atoms with Crippen LogP contribution in [0.1, 0.15) is 32.1 Å². The zero-order valence-electron chi connectivity index (χ0n) is 13.5. The van der Waals surface area contributed by atoms with Crippen LogP contribution in [0, 0.1) is 5.92 Å². The fraction of sp³-hybridized carbons (Fsp3) is 0.588. The molecular weight excluding hydrogens is 316 g/mol. The fourth-order valence-corrected chi connectivity index (χ4v) is 3.12. The van der Waals surface area contributed by atoms with E-state index in [1.807, 2.05) is 0 Å². The zero-order valence-corrected chi connectivity index (χ0v) is 14.2. The first-order chi connectivity index (χ1) is 11.1. The van der Waals surface area contributed by atoms with Crippen molar-refractivity contribution in [1.29, 1.82) is 0 Å². The summed E-state index contributed by atoms with van der Waals surface area (Å²) in [6, 6.07) is 5.30. The smallest absolute Gasteiger partial charge is 0.221 e. The molecular formula is C17H25ClN2O3. The number of hydrogen-bond acceptors (Lipinski definition) is 4. The Balaban J connectivity index is 1.69. The van der Waals surface area contributed by atoms with Gasteiger partial charge in [-0.2, -0.15) is 0 Å². The third-order valence-corrected chi connectivity index (χ3v) is 4.52. The highest BCUT2D eigenvalue weighted by Crippen LogP contribution is 2.28. The molecule has 1 atom stereocenters. The molecule has 0 aromatic heterocycles. The molecule has 0 saturated heterocycles. The van der Waals surface area contributed by atoms with Crippen LogP contribution in [-0.4, -0.2) is 37.3 Å². The van der Waals surface area contributed by atoms with Crippen LogP contribution in [-0.2, 0) is 4.79 Å². The zero-order chi connectivity index (χ0) is 16.7. The molecule has 128 valence electrons. The van der Waals surface area contributed by atoms with Crippen molar-refractivity contribution in [2.45, 2.75) is 38.2 Å². The predicted molar refractivity (Wildman–Crippen MR) is 92.1 cm³/mol. The van der Waals surface area contributed by atoms with Gasteiger partial charge in [0.05, 0.1) is 18.9 Å². The molecule has 6 heteroatoms. The van der Waals surface area contributed by atoms with Gasteiger partial charge in [-0.3, -0.25) is 4.79 Å². The van der Waals surface area contributed by atoms with E-state index >= 15 is 0 Å². The first-order valence-corrected chi connectivity index (χ1v) is 8.50. The molecule has 1 aromatic carbocycles. The van der Waals surface area contributed by atoms with Gasteiger partial charge in [0.25, 0.3) is 0 Å². The van der Waals surface area contributed by atoms with Crippen molar-refractivity contribution in [3.63, 3.8) is 0 Å². The molecule has 1 aliphatic rings. The van der Waals surface area contributed by atoms with Crippen molar-refractivity contribution in [2.75, 3.05) is 25.5 Å². The third-order valence-electron chi connectivity index (χ3n) is 4.28. The van der Waals surface area contributed by atoms with Gasteiger partial charge in [0.2, 0.25) is 5.91 Å². The second kappa shape index (κ2) is 8.99. The van der Waals surface area contributed by atoms with Gasteiger partial charge in [-0.25, -0.2) is 0 Å². The molecule has 1 saturated carbocycles. The molecule has 1 aliphatic carbocycles. The average Bonchev–Trinajstić information content (AvgIpc) is 3.07. The van der Waals surface area contributed by atoms with E-state index in [1.165, 1.54) is 12.8 Å². The average molecular weight is 341 g/mol. The number of benzene rings is 1. The van der Waals surface area contributed by atoms with Crippen molar-refractivity contribution in [3.8, 4) is 5.75 Å². The summed E-state index contributed by atoms with van der Waals surface area (Å²) in [5, 5.41) is 16.6. The Morgan fingerprint density at radius 1 is 1.43 bits per heavy atom. The number of nitrogens with one attached hydrogen (secondary N) is 2. The number of aliphatic hydroxyl groups is 1. The molecule has 5 nitrogen and oxygen atoms in total. The van der Waals surface area contributed by atoms with E-state index in [2.05, 4.69) is 10.6 Å². The lowest BCUT2D eigenvalue weighted by Crippen LogP contribution is -2.36. The van der Waals surface area contributed by atoms with Gasteiger partial charge in [-0.15, -0.1) is 0 Å². The summed E-state index contributed by atoms with van der Waals surface area (Å²) in [7, 11) is 1.59. The Hall–Kier alpha value is -1.46. The summed E-state index contributed by atoms with van der Waals surface area (Å²) in [5.74, 6) is 0.950. The van der Waals surface area contributed by atoms with Crippen molar-refractivity contribution in [3.05, 3.63) is 23.2 Å². The van der Waals surface area contributed by atoms with E-state index in [1.54, 1.807) is 25.3 Å². The lowest BCUT2D eigenvalue weighted by molar-refractivity contribution is -0.121. The molecule has 2 rings (SSSR count). The van der Waals surface area contributed by atoms with Gasteiger partial charge in [-0.05, 0) is 37.0 Å². The van der Waals surface area contributed by atoms with Gasteiger partial charge in [0, 0.05) is 24.5 Å². The Morgan fingerprint density at radius 3 is 2.87 bits per heavy atom. The maximum Gasteiger partial charge on any atom is 0.221 e. The van der Waals surface area contributed by atoms with Crippen LogP contribution in [0.15, 0.2) is 18.2 Å². The largest absolute Gasteiger partial charge is 0.495 e. The molecule has 0 bridgehead atoms. The SMILES string of the molecule is COc1ccc(Cl)cc1NCCC(=O)NCC(O)C1CCCC1. The summed E-state index contributed by atoms with van der Waals surface area (Å²) in [5.41, 5.74) is 0.763. The quantitative estimate of drug-likeness (QED) is 0.680. The van der Waals surface area contributed by atoms with Crippen LogP contribution < -0.4 is 15.4 Å². The Bertz CT molecular complexity index is 519. The summed E-state index contributed by atoms with van der Waals surface area (Å²) < 4.78 is 5.24.